The first-order chi connectivity index (χ1) is 10.1. The Morgan fingerprint density at radius 1 is 1.43 bits per heavy atom. The Morgan fingerprint density at radius 2 is 2.19 bits per heavy atom. The number of carbonyl (C=O) groups is 1. The normalized spacial score (nSPS) is 12.9. The topological polar surface area (TPSA) is 65.0 Å². The van der Waals surface area contributed by atoms with Crippen molar-refractivity contribution in [1.82, 2.24) is 0 Å². The fourth-order valence-corrected chi connectivity index (χ4v) is 1.61. The molecule has 5 heteroatoms. The lowest BCUT2D eigenvalue weighted by atomic mass is 10.1. The highest BCUT2D eigenvalue weighted by Gasteiger charge is 2.15. The summed E-state index contributed by atoms with van der Waals surface area (Å²) in [6.45, 7) is 4.15. The molecule has 1 unspecified atom stereocenters. The van der Waals surface area contributed by atoms with Crippen LogP contribution in [0.25, 0.3) is 0 Å². The molecule has 21 heavy (non-hydrogen) atoms. The van der Waals surface area contributed by atoms with Crippen LogP contribution in [0.2, 0.25) is 0 Å². The molecule has 1 N–H and O–H groups in total. The van der Waals surface area contributed by atoms with Crippen molar-refractivity contribution in [2.45, 2.75) is 20.0 Å². The smallest absolute Gasteiger partial charge is 0.384 e. The van der Waals surface area contributed by atoms with Gasteiger partial charge in [0, 0.05) is 5.92 Å². The van der Waals surface area contributed by atoms with Gasteiger partial charge in [-0.2, -0.15) is 0 Å². The molecule has 5 nitrogen and oxygen atoms in total. The van der Waals surface area contributed by atoms with Crippen molar-refractivity contribution in [3.63, 3.8) is 0 Å². The van der Waals surface area contributed by atoms with E-state index in [-0.39, 0.29) is 13.4 Å². The first kappa shape index (κ1) is 14.9. The Balaban J connectivity index is 1.95. The Hall–Kier alpha value is -2.45. The van der Waals surface area contributed by atoms with Gasteiger partial charge in [0.1, 0.15) is 12.7 Å². The summed E-state index contributed by atoms with van der Waals surface area (Å²) in [6, 6.07) is 4.99. The average molecular weight is 288 g/mol. The Labute approximate surface area is 123 Å². The molecule has 1 aliphatic rings. The predicted molar refractivity (Wildman–Crippen MR) is 75.7 cm³/mol. The average Bonchev–Trinajstić information content (AvgIpc) is 2.91. The molecule has 0 fully saturated rings. The molecule has 1 aromatic carbocycles. The van der Waals surface area contributed by atoms with Gasteiger partial charge in [0.05, 0.1) is 0 Å². The van der Waals surface area contributed by atoms with E-state index in [0.29, 0.717) is 17.1 Å². The fourth-order valence-electron chi connectivity index (χ4n) is 1.61. The van der Waals surface area contributed by atoms with E-state index in [9.17, 15) is 9.90 Å². The third-order valence-corrected chi connectivity index (χ3v) is 2.73. The highest BCUT2D eigenvalue weighted by Crippen LogP contribution is 2.33. The maximum atomic E-state index is 11.4. The van der Waals surface area contributed by atoms with Gasteiger partial charge in [0.15, 0.2) is 11.5 Å². The third-order valence-electron chi connectivity index (χ3n) is 2.73. The van der Waals surface area contributed by atoms with Crippen LogP contribution >= 0.6 is 0 Å². The fraction of sp³-hybridized carbons (Fsp3) is 0.312. The SMILES string of the molecule is CC(C)=CCOC(=O)C#CC(O)c1ccc2c(c1)OCO2. The third kappa shape index (κ3) is 4.26. The van der Waals surface area contributed by atoms with E-state index in [1.807, 2.05) is 13.8 Å². The van der Waals surface area contributed by atoms with Gasteiger partial charge in [-0.05, 0) is 37.6 Å². The molecule has 1 heterocycles. The van der Waals surface area contributed by atoms with Crippen LogP contribution in [0.1, 0.15) is 25.5 Å². The molecular formula is C16H16O5. The number of hydrogen-bond acceptors (Lipinski definition) is 5. The van der Waals surface area contributed by atoms with Crippen LogP contribution < -0.4 is 9.47 Å². The summed E-state index contributed by atoms with van der Waals surface area (Å²) in [5, 5.41) is 9.92. The van der Waals surface area contributed by atoms with E-state index in [1.165, 1.54) is 0 Å². The molecular weight excluding hydrogens is 272 g/mol. The van der Waals surface area contributed by atoms with Crippen LogP contribution in [0.4, 0.5) is 0 Å². The summed E-state index contributed by atoms with van der Waals surface area (Å²) in [5.41, 5.74) is 1.58. The van der Waals surface area contributed by atoms with Gasteiger partial charge < -0.3 is 19.3 Å². The van der Waals surface area contributed by atoms with Crippen LogP contribution in [-0.2, 0) is 9.53 Å². The molecule has 1 aromatic rings. The molecule has 1 aliphatic heterocycles. The van der Waals surface area contributed by atoms with Crippen molar-refractivity contribution < 1.29 is 24.1 Å². The molecule has 0 amide bonds. The van der Waals surface area contributed by atoms with Gasteiger partial charge in [-0.25, -0.2) is 4.79 Å². The summed E-state index contributed by atoms with van der Waals surface area (Å²) >= 11 is 0. The quantitative estimate of drug-likeness (QED) is 0.399. The van der Waals surface area contributed by atoms with Gasteiger partial charge in [0.25, 0.3) is 0 Å². The van der Waals surface area contributed by atoms with Crippen molar-refractivity contribution in [3.05, 3.63) is 35.4 Å². The lowest BCUT2D eigenvalue weighted by molar-refractivity contribution is -0.135. The van der Waals surface area contributed by atoms with Gasteiger partial charge in [-0.15, -0.1) is 0 Å². The molecule has 0 aromatic heterocycles. The summed E-state index contributed by atoms with van der Waals surface area (Å²) in [6.07, 6.45) is 0.684. The number of aliphatic hydroxyl groups is 1. The standard InChI is InChI=1S/C16H16O5/c1-11(2)7-8-19-16(18)6-4-13(17)12-3-5-14-15(9-12)21-10-20-14/h3,5,7,9,13,17H,8,10H2,1-2H3. The first-order valence-electron chi connectivity index (χ1n) is 6.45. The molecule has 0 saturated carbocycles. The Kier molecular flexibility index (Phi) is 4.85. The number of ether oxygens (including phenoxy) is 3. The van der Waals surface area contributed by atoms with Crippen LogP contribution in [0.15, 0.2) is 29.8 Å². The number of esters is 1. The van der Waals surface area contributed by atoms with Crippen molar-refractivity contribution >= 4 is 5.97 Å². The van der Waals surface area contributed by atoms with E-state index >= 15 is 0 Å². The summed E-state index contributed by atoms with van der Waals surface area (Å²) in [5.74, 6) is 5.21. The number of allylic oxidation sites excluding steroid dienone is 1. The number of carbonyl (C=O) groups excluding carboxylic acids is 1. The first-order valence-corrected chi connectivity index (χ1v) is 6.45. The number of hydrogen-bond donors (Lipinski definition) is 1. The van der Waals surface area contributed by atoms with E-state index in [1.54, 1.807) is 24.3 Å². The maximum absolute atomic E-state index is 11.4. The van der Waals surface area contributed by atoms with Gasteiger partial charge >= 0.3 is 5.97 Å². The Morgan fingerprint density at radius 3 is 2.95 bits per heavy atom. The van der Waals surface area contributed by atoms with Crippen LogP contribution in [0.3, 0.4) is 0 Å². The largest absolute Gasteiger partial charge is 0.454 e. The second-order valence-corrected chi connectivity index (χ2v) is 4.66. The number of aliphatic hydroxyl groups excluding tert-OH is 1. The monoisotopic (exact) mass is 288 g/mol. The molecule has 0 spiro atoms. The molecule has 0 radical (unpaired) electrons. The number of rotatable bonds is 3. The highest BCUT2D eigenvalue weighted by atomic mass is 16.7. The van der Waals surface area contributed by atoms with Gasteiger partial charge in [-0.3, -0.25) is 0 Å². The second kappa shape index (κ2) is 6.82. The van der Waals surface area contributed by atoms with E-state index in [4.69, 9.17) is 14.2 Å². The van der Waals surface area contributed by atoms with Crippen LogP contribution in [-0.4, -0.2) is 24.5 Å². The zero-order valence-corrected chi connectivity index (χ0v) is 11.9. The predicted octanol–water partition coefficient (Wildman–Crippen LogP) is 1.96. The summed E-state index contributed by atoms with van der Waals surface area (Å²) in [4.78, 5) is 11.4. The minimum absolute atomic E-state index is 0.164. The Bertz CT molecular complexity index is 617. The number of benzene rings is 1. The zero-order valence-electron chi connectivity index (χ0n) is 11.9. The summed E-state index contributed by atoms with van der Waals surface area (Å²) in [7, 11) is 0. The minimum atomic E-state index is -1.09. The summed E-state index contributed by atoms with van der Waals surface area (Å²) < 4.78 is 15.3. The van der Waals surface area contributed by atoms with Gasteiger partial charge in [0.2, 0.25) is 6.79 Å². The molecule has 1 atom stereocenters. The molecule has 0 aliphatic carbocycles. The number of fused-ring (bicyclic) bond motifs is 1. The molecule has 0 bridgehead atoms. The highest BCUT2D eigenvalue weighted by molar-refractivity contribution is 5.88. The minimum Gasteiger partial charge on any atom is -0.454 e. The lowest BCUT2D eigenvalue weighted by Gasteiger charge is -2.04. The second-order valence-electron chi connectivity index (χ2n) is 4.66. The van der Waals surface area contributed by atoms with E-state index in [0.717, 1.165) is 5.57 Å². The van der Waals surface area contributed by atoms with Gasteiger partial charge in [-0.1, -0.05) is 17.6 Å². The van der Waals surface area contributed by atoms with Crippen LogP contribution in [0.5, 0.6) is 11.5 Å². The molecule has 0 saturated heterocycles. The zero-order chi connectivity index (χ0) is 15.2. The molecule has 110 valence electrons. The maximum Gasteiger partial charge on any atom is 0.384 e. The van der Waals surface area contributed by atoms with Crippen molar-refractivity contribution in [1.29, 1.82) is 0 Å². The van der Waals surface area contributed by atoms with Crippen molar-refractivity contribution in [3.8, 4) is 23.3 Å². The molecule has 2 rings (SSSR count). The van der Waals surface area contributed by atoms with Crippen LogP contribution in [0, 0.1) is 11.8 Å². The van der Waals surface area contributed by atoms with E-state index < -0.39 is 12.1 Å². The lowest BCUT2D eigenvalue weighted by Crippen LogP contribution is -2.02. The van der Waals surface area contributed by atoms with E-state index in [2.05, 4.69) is 11.8 Å². The van der Waals surface area contributed by atoms with Crippen molar-refractivity contribution in [2.24, 2.45) is 0 Å². The van der Waals surface area contributed by atoms with Crippen molar-refractivity contribution in [2.75, 3.05) is 13.4 Å².